The predicted molar refractivity (Wildman–Crippen MR) is 101 cm³/mol. The van der Waals surface area contributed by atoms with Crippen LogP contribution in [0.1, 0.15) is 19.3 Å². The first-order chi connectivity index (χ1) is 12.3. The Bertz CT molecular complexity index is 508. The number of nitrogens with zero attached hydrogens (tertiary/aromatic N) is 1. The molecule has 1 aliphatic heterocycles. The average molecular weight is 370 g/mol. The molecule has 0 amide bonds. The highest BCUT2D eigenvalue weighted by Gasteiger charge is 2.14. The smallest absolute Gasteiger partial charge is 0.191 e. The van der Waals surface area contributed by atoms with Gasteiger partial charge >= 0.3 is 0 Å². The predicted octanol–water partition coefficient (Wildman–Crippen LogP) is 2.67. The molecule has 0 bridgehead atoms. The molecule has 1 fully saturated rings. The van der Waals surface area contributed by atoms with E-state index < -0.39 is 0 Å². The van der Waals surface area contributed by atoms with E-state index in [1.54, 1.807) is 30.9 Å². The van der Waals surface area contributed by atoms with Crippen molar-refractivity contribution in [2.75, 3.05) is 45.7 Å². The average Bonchev–Trinajstić information content (AvgIpc) is 3.14. The summed E-state index contributed by atoms with van der Waals surface area (Å²) in [4.78, 5) is 5.26. The number of ether oxygens (including phenoxy) is 2. The zero-order valence-electron chi connectivity index (χ0n) is 14.8. The first-order valence-corrected chi connectivity index (χ1v) is 9.78. The minimum atomic E-state index is -0.202. The second kappa shape index (κ2) is 12.1. The molecule has 1 aromatic carbocycles. The largest absolute Gasteiger partial charge is 0.379 e. The third kappa shape index (κ3) is 8.56. The van der Waals surface area contributed by atoms with Gasteiger partial charge in [0.15, 0.2) is 5.96 Å². The van der Waals surface area contributed by atoms with E-state index in [0.717, 1.165) is 62.2 Å². The van der Waals surface area contributed by atoms with Crippen molar-refractivity contribution >= 4 is 17.7 Å². The fourth-order valence-electron chi connectivity index (χ4n) is 2.46. The molecule has 2 rings (SSSR count). The molecule has 7 heteroatoms. The summed E-state index contributed by atoms with van der Waals surface area (Å²) in [6.45, 7) is 3.91. The molecular weight excluding hydrogens is 341 g/mol. The standard InChI is InChI=1S/C18H28FN3O2S/c1-20-18(21-9-3-11-23-14-16-4-2-12-24-16)22-10-13-25-17-7-5-15(19)6-8-17/h5-8,16H,2-4,9-14H2,1H3,(H2,20,21,22). The Hall–Kier alpha value is -1.31. The summed E-state index contributed by atoms with van der Waals surface area (Å²) in [5, 5.41) is 6.54. The van der Waals surface area contributed by atoms with E-state index in [4.69, 9.17) is 9.47 Å². The Balaban J connectivity index is 1.46. The van der Waals surface area contributed by atoms with Crippen molar-refractivity contribution in [2.24, 2.45) is 4.99 Å². The number of benzene rings is 1. The van der Waals surface area contributed by atoms with Crippen LogP contribution in [0.15, 0.2) is 34.2 Å². The Kier molecular flexibility index (Phi) is 9.69. The van der Waals surface area contributed by atoms with E-state index >= 15 is 0 Å². The van der Waals surface area contributed by atoms with Gasteiger partial charge in [0.05, 0.1) is 12.7 Å². The maximum atomic E-state index is 12.8. The van der Waals surface area contributed by atoms with Crippen LogP contribution in [0, 0.1) is 5.82 Å². The summed E-state index contributed by atoms with van der Waals surface area (Å²) >= 11 is 1.68. The lowest BCUT2D eigenvalue weighted by Crippen LogP contribution is -2.39. The monoisotopic (exact) mass is 369 g/mol. The quantitative estimate of drug-likeness (QED) is 0.287. The van der Waals surface area contributed by atoms with Gasteiger partial charge in [0.1, 0.15) is 5.82 Å². The van der Waals surface area contributed by atoms with E-state index in [-0.39, 0.29) is 5.82 Å². The van der Waals surface area contributed by atoms with Crippen LogP contribution in [0.5, 0.6) is 0 Å². The highest BCUT2D eigenvalue weighted by Crippen LogP contribution is 2.17. The number of rotatable bonds is 10. The van der Waals surface area contributed by atoms with Crippen LogP contribution >= 0.6 is 11.8 Å². The first-order valence-electron chi connectivity index (χ1n) is 8.80. The molecule has 1 aromatic rings. The van der Waals surface area contributed by atoms with Gasteiger partial charge in [-0.15, -0.1) is 11.8 Å². The molecule has 140 valence electrons. The normalized spacial score (nSPS) is 17.7. The molecule has 0 aromatic heterocycles. The van der Waals surface area contributed by atoms with E-state index in [0.29, 0.717) is 12.7 Å². The molecule has 25 heavy (non-hydrogen) atoms. The van der Waals surface area contributed by atoms with Crippen LogP contribution in [0.4, 0.5) is 4.39 Å². The summed E-state index contributed by atoms with van der Waals surface area (Å²) in [5.41, 5.74) is 0. The Morgan fingerprint density at radius 1 is 1.32 bits per heavy atom. The summed E-state index contributed by atoms with van der Waals surface area (Å²) in [6, 6.07) is 6.56. The van der Waals surface area contributed by atoms with Crippen LogP contribution in [-0.2, 0) is 9.47 Å². The Morgan fingerprint density at radius 3 is 2.84 bits per heavy atom. The highest BCUT2D eigenvalue weighted by atomic mass is 32.2. The molecule has 0 saturated carbocycles. The molecule has 0 spiro atoms. The van der Waals surface area contributed by atoms with Gasteiger partial charge in [0, 0.05) is 44.0 Å². The number of nitrogens with one attached hydrogen (secondary N) is 2. The third-order valence-corrected chi connectivity index (χ3v) is 4.80. The maximum Gasteiger partial charge on any atom is 0.191 e. The summed E-state index contributed by atoms with van der Waals surface area (Å²) < 4.78 is 24.0. The van der Waals surface area contributed by atoms with Gasteiger partial charge < -0.3 is 20.1 Å². The third-order valence-electron chi connectivity index (χ3n) is 3.79. The van der Waals surface area contributed by atoms with Crippen molar-refractivity contribution in [3.05, 3.63) is 30.1 Å². The van der Waals surface area contributed by atoms with Crippen LogP contribution < -0.4 is 10.6 Å². The van der Waals surface area contributed by atoms with Crippen LogP contribution in [0.25, 0.3) is 0 Å². The van der Waals surface area contributed by atoms with E-state index in [9.17, 15) is 4.39 Å². The van der Waals surface area contributed by atoms with E-state index in [1.165, 1.54) is 12.1 Å². The number of hydrogen-bond acceptors (Lipinski definition) is 4. The van der Waals surface area contributed by atoms with Crippen molar-refractivity contribution < 1.29 is 13.9 Å². The van der Waals surface area contributed by atoms with E-state index in [1.807, 2.05) is 0 Å². The lowest BCUT2D eigenvalue weighted by Gasteiger charge is -2.13. The zero-order valence-corrected chi connectivity index (χ0v) is 15.6. The van der Waals surface area contributed by atoms with Crippen molar-refractivity contribution in [3.63, 3.8) is 0 Å². The second-order valence-corrected chi connectivity index (χ2v) is 6.96. The molecule has 1 heterocycles. The topological polar surface area (TPSA) is 54.9 Å². The Labute approximate surface area is 153 Å². The van der Waals surface area contributed by atoms with Crippen molar-refractivity contribution in [2.45, 2.75) is 30.3 Å². The SMILES string of the molecule is CN=C(NCCCOCC1CCCO1)NCCSc1ccc(F)cc1. The van der Waals surface area contributed by atoms with Crippen LogP contribution in [0.3, 0.4) is 0 Å². The number of aliphatic imine (C=N–C) groups is 1. The highest BCUT2D eigenvalue weighted by molar-refractivity contribution is 7.99. The minimum absolute atomic E-state index is 0.202. The second-order valence-electron chi connectivity index (χ2n) is 5.79. The molecule has 0 radical (unpaired) electrons. The number of halogens is 1. The summed E-state index contributed by atoms with van der Waals surface area (Å²) in [5.74, 6) is 1.47. The van der Waals surface area contributed by atoms with Gasteiger partial charge in [0.2, 0.25) is 0 Å². The zero-order chi connectivity index (χ0) is 17.7. The molecule has 2 N–H and O–H groups in total. The summed E-state index contributed by atoms with van der Waals surface area (Å²) in [7, 11) is 1.76. The maximum absolute atomic E-state index is 12.8. The Morgan fingerprint density at radius 2 is 2.12 bits per heavy atom. The molecular formula is C18H28FN3O2S. The van der Waals surface area contributed by atoms with Gasteiger partial charge in [0.25, 0.3) is 0 Å². The number of guanidine groups is 1. The lowest BCUT2D eigenvalue weighted by atomic mass is 10.2. The number of hydrogen-bond donors (Lipinski definition) is 2. The number of thioether (sulfide) groups is 1. The molecule has 1 saturated heterocycles. The molecule has 1 aliphatic rings. The summed E-state index contributed by atoms with van der Waals surface area (Å²) in [6.07, 6.45) is 3.49. The fourth-order valence-corrected chi connectivity index (χ4v) is 3.23. The van der Waals surface area contributed by atoms with Gasteiger partial charge in [-0.3, -0.25) is 4.99 Å². The van der Waals surface area contributed by atoms with Crippen molar-refractivity contribution in [3.8, 4) is 0 Å². The van der Waals surface area contributed by atoms with Crippen LogP contribution in [0.2, 0.25) is 0 Å². The molecule has 1 unspecified atom stereocenters. The lowest BCUT2D eigenvalue weighted by molar-refractivity contribution is 0.0168. The van der Waals surface area contributed by atoms with Crippen molar-refractivity contribution in [1.29, 1.82) is 0 Å². The minimum Gasteiger partial charge on any atom is -0.379 e. The van der Waals surface area contributed by atoms with Crippen LogP contribution in [-0.4, -0.2) is 57.8 Å². The fraction of sp³-hybridized carbons (Fsp3) is 0.611. The van der Waals surface area contributed by atoms with Crippen molar-refractivity contribution in [1.82, 2.24) is 10.6 Å². The van der Waals surface area contributed by atoms with Gasteiger partial charge in [-0.25, -0.2) is 4.39 Å². The molecule has 1 atom stereocenters. The molecule has 5 nitrogen and oxygen atoms in total. The van der Waals surface area contributed by atoms with Gasteiger partial charge in [-0.05, 0) is 43.5 Å². The van der Waals surface area contributed by atoms with E-state index in [2.05, 4.69) is 15.6 Å². The van der Waals surface area contributed by atoms with Gasteiger partial charge in [-0.1, -0.05) is 0 Å². The van der Waals surface area contributed by atoms with Gasteiger partial charge in [-0.2, -0.15) is 0 Å². The first kappa shape index (κ1) is 20.0. The molecule has 0 aliphatic carbocycles.